The summed E-state index contributed by atoms with van der Waals surface area (Å²) in [6.45, 7) is 2.10. The minimum Gasteiger partial charge on any atom is -0.394 e. The third-order valence-corrected chi connectivity index (χ3v) is 3.55. The molecule has 0 aliphatic heterocycles. The van der Waals surface area contributed by atoms with Gasteiger partial charge < -0.3 is 10.4 Å². The Bertz CT molecular complexity index is 515. The Morgan fingerprint density at radius 3 is 2.32 bits per heavy atom. The monoisotopic (exact) mass is 275 g/mol. The van der Waals surface area contributed by atoms with Crippen molar-refractivity contribution in [3.63, 3.8) is 0 Å². The maximum atomic E-state index is 9.55. The molecule has 0 aromatic heterocycles. The van der Waals surface area contributed by atoms with Gasteiger partial charge in [0.15, 0.2) is 0 Å². The molecule has 0 saturated carbocycles. The van der Waals surface area contributed by atoms with Gasteiger partial charge >= 0.3 is 0 Å². The van der Waals surface area contributed by atoms with Crippen LogP contribution in [0.2, 0.25) is 5.02 Å². The second-order valence-electron chi connectivity index (χ2n) is 4.56. The summed E-state index contributed by atoms with van der Waals surface area (Å²) in [5, 5.41) is 13.7. The zero-order valence-electron chi connectivity index (χ0n) is 10.9. The van der Waals surface area contributed by atoms with Gasteiger partial charge in [-0.05, 0) is 24.1 Å². The topological polar surface area (TPSA) is 32.3 Å². The number of hydrogen-bond donors (Lipinski definition) is 2. The summed E-state index contributed by atoms with van der Waals surface area (Å²) >= 11 is 6.19. The maximum Gasteiger partial charge on any atom is 0.0626 e. The molecular formula is C16H18ClNO. The van der Waals surface area contributed by atoms with E-state index in [0.717, 1.165) is 16.1 Å². The van der Waals surface area contributed by atoms with E-state index < -0.39 is 0 Å². The fourth-order valence-corrected chi connectivity index (χ4v) is 2.46. The van der Waals surface area contributed by atoms with E-state index in [1.807, 2.05) is 61.5 Å². The largest absolute Gasteiger partial charge is 0.394 e. The van der Waals surface area contributed by atoms with Crippen molar-refractivity contribution < 1.29 is 5.11 Å². The zero-order chi connectivity index (χ0) is 13.7. The maximum absolute atomic E-state index is 9.55. The average molecular weight is 276 g/mol. The van der Waals surface area contributed by atoms with Crippen molar-refractivity contribution in [3.05, 3.63) is 70.7 Å². The molecule has 0 heterocycles. The van der Waals surface area contributed by atoms with Crippen molar-refractivity contribution in [3.8, 4) is 0 Å². The van der Waals surface area contributed by atoms with Gasteiger partial charge in [-0.25, -0.2) is 0 Å². The van der Waals surface area contributed by atoms with E-state index in [9.17, 15) is 5.11 Å². The van der Waals surface area contributed by atoms with Crippen molar-refractivity contribution in [2.24, 2.45) is 0 Å². The molecule has 2 atom stereocenters. The van der Waals surface area contributed by atoms with Gasteiger partial charge in [0.05, 0.1) is 12.6 Å². The highest BCUT2D eigenvalue weighted by molar-refractivity contribution is 6.31. The summed E-state index contributed by atoms with van der Waals surface area (Å²) in [5.74, 6) is 0. The molecule has 2 aromatic carbocycles. The first-order valence-electron chi connectivity index (χ1n) is 6.38. The van der Waals surface area contributed by atoms with E-state index in [-0.39, 0.29) is 18.7 Å². The third kappa shape index (κ3) is 3.57. The summed E-state index contributed by atoms with van der Waals surface area (Å²) in [5.41, 5.74) is 2.11. The second-order valence-corrected chi connectivity index (χ2v) is 4.96. The standard InChI is InChI=1S/C16H18ClNO/c1-12(14-9-5-6-10-15(14)17)18-16(11-19)13-7-3-2-4-8-13/h2-10,12,16,18-19H,11H2,1H3/t12?,16-/m0/s1. The van der Waals surface area contributed by atoms with Crippen LogP contribution in [0.15, 0.2) is 54.6 Å². The first-order chi connectivity index (χ1) is 9.22. The summed E-state index contributed by atoms with van der Waals surface area (Å²) in [6.07, 6.45) is 0. The summed E-state index contributed by atoms with van der Waals surface area (Å²) in [4.78, 5) is 0. The molecule has 3 heteroatoms. The third-order valence-electron chi connectivity index (χ3n) is 3.21. The summed E-state index contributed by atoms with van der Waals surface area (Å²) in [6, 6.07) is 17.7. The molecule has 0 saturated heterocycles. The van der Waals surface area contributed by atoms with Gasteiger partial charge in [0.1, 0.15) is 0 Å². The van der Waals surface area contributed by atoms with Crippen LogP contribution in [0.5, 0.6) is 0 Å². The van der Waals surface area contributed by atoms with E-state index >= 15 is 0 Å². The lowest BCUT2D eigenvalue weighted by atomic mass is 10.0. The molecule has 1 unspecified atom stereocenters. The molecule has 0 radical (unpaired) electrons. The Hall–Kier alpha value is -1.35. The number of halogens is 1. The highest BCUT2D eigenvalue weighted by atomic mass is 35.5. The molecule has 0 aliphatic rings. The lowest BCUT2D eigenvalue weighted by Gasteiger charge is -2.23. The van der Waals surface area contributed by atoms with Gasteiger partial charge in [0.25, 0.3) is 0 Å². The molecule has 0 aliphatic carbocycles. The van der Waals surface area contributed by atoms with Crippen LogP contribution in [0.1, 0.15) is 30.1 Å². The van der Waals surface area contributed by atoms with E-state index in [1.54, 1.807) is 0 Å². The Kier molecular flexibility index (Phi) is 4.97. The van der Waals surface area contributed by atoms with Gasteiger partial charge in [-0.3, -0.25) is 0 Å². The lowest BCUT2D eigenvalue weighted by molar-refractivity contribution is 0.235. The predicted octanol–water partition coefficient (Wildman–Crippen LogP) is 3.72. The number of benzene rings is 2. The molecule has 2 aromatic rings. The Labute approximate surface area is 119 Å². The summed E-state index contributed by atoms with van der Waals surface area (Å²) < 4.78 is 0. The second kappa shape index (κ2) is 6.71. The van der Waals surface area contributed by atoms with Gasteiger partial charge in [-0.15, -0.1) is 0 Å². The fourth-order valence-electron chi connectivity index (χ4n) is 2.16. The van der Waals surface area contributed by atoms with Crippen LogP contribution in [0.25, 0.3) is 0 Å². The molecule has 0 amide bonds. The van der Waals surface area contributed by atoms with Crippen LogP contribution >= 0.6 is 11.6 Å². The van der Waals surface area contributed by atoms with Crippen molar-refractivity contribution >= 4 is 11.6 Å². The minimum atomic E-state index is -0.0903. The molecule has 0 spiro atoms. The van der Waals surface area contributed by atoms with Crippen molar-refractivity contribution in [1.29, 1.82) is 0 Å². The quantitative estimate of drug-likeness (QED) is 0.872. The molecular weight excluding hydrogens is 258 g/mol. The van der Waals surface area contributed by atoms with Gasteiger partial charge in [0, 0.05) is 11.1 Å². The average Bonchev–Trinajstić information content (AvgIpc) is 2.46. The lowest BCUT2D eigenvalue weighted by Crippen LogP contribution is -2.27. The van der Waals surface area contributed by atoms with Crippen molar-refractivity contribution in [2.45, 2.75) is 19.0 Å². The van der Waals surface area contributed by atoms with Crippen LogP contribution in [-0.4, -0.2) is 11.7 Å². The van der Waals surface area contributed by atoms with Crippen LogP contribution < -0.4 is 5.32 Å². The van der Waals surface area contributed by atoms with Crippen LogP contribution in [0.3, 0.4) is 0 Å². The predicted molar refractivity (Wildman–Crippen MR) is 79.3 cm³/mol. The molecule has 2 rings (SSSR count). The van der Waals surface area contributed by atoms with E-state index in [0.29, 0.717) is 0 Å². The molecule has 100 valence electrons. The highest BCUT2D eigenvalue weighted by Gasteiger charge is 2.15. The highest BCUT2D eigenvalue weighted by Crippen LogP contribution is 2.25. The van der Waals surface area contributed by atoms with Crippen molar-refractivity contribution in [1.82, 2.24) is 5.32 Å². The number of rotatable bonds is 5. The summed E-state index contributed by atoms with van der Waals surface area (Å²) in [7, 11) is 0. The SMILES string of the molecule is CC(N[C@@H](CO)c1ccccc1)c1ccccc1Cl. The van der Waals surface area contributed by atoms with Crippen LogP contribution in [0, 0.1) is 0 Å². The van der Waals surface area contributed by atoms with Crippen molar-refractivity contribution in [2.75, 3.05) is 6.61 Å². The number of aliphatic hydroxyl groups excluding tert-OH is 1. The Balaban J connectivity index is 2.13. The first kappa shape index (κ1) is 14.1. The molecule has 2 N–H and O–H groups in total. The van der Waals surface area contributed by atoms with E-state index in [2.05, 4.69) is 5.32 Å². The zero-order valence-corrected chi connectivity index (χ0v) is 11.6. The van der Waals surface area contributed by atoms with Crippen LogP contribution in [-0.2, 0) is 0 Å². The van der Waals surface area contributed by atoms with E-state index in [4.69, 9.17) is 11.6 Å². The van der Waals surface area contributed by atoms with Gasteiger partial charge in [-0.2, -0.15) is 0 Å². The molecule has 0 fully saturated rings. The van der Waals surface area contributed by atoms with Gasteiger partial charge in [0.2, 0.25) is 0 Å². The smallest absolute Gasteiger partial charge is 0.0626 e. The molecule has 0 bridgehead atoms. The number of aliphatic hydroxyl groups is 1. The van der Waals surface area contributed by atoms with Gasteiger partial charge in [-0.1, -0.05) is 60.1 Å². The number of nitrogens with one attached hydrogen (secondary N) is 1. The minimum absolute atomic E-state index is 0.0544. The molecule has 19 heavy (non-hydrogen) atoms. The normalized spacial score (nSPS) is 14.1. The number of hydrogen-bond acceptors (Lipinski definition) is 2. The van der Waals surface area contributed by atoms with Crippen LogP contribution in [0.4, 0.5) is 0 Å². The van der Waals surface area contributed by atoms with E-state index in [1.165, 1.54) is 0 Å². The molecule has 2 nitrogen and oxygen atoms in total. The first-order valence-corrected chi connectivity index (χ1v) is 6.76. The fraction of sp³-hybridized carbons (Fsp3) is 0.250. The Morgan fingerprint density at radius 2 is 1.68 bits per heavy atom. The Morgan fingerprint density at radius 1 is 1.05 bits per heavy atom.